The Morgan fingerprint density at radius 2 is 1.95 bits per heavy atom. The van der Waals surface area contributed by atoms with Gasteiger partial charge in [-0.2, -0.15) is 0 Å². The summed E-state index contributed by atoms with van der Waals surface area (Å²) in [5.74, 6) is 0. The average Bonchev–Trinajstić information content (AvgIpc) is 2.33. The van der Waals surface area contributed by atoms with Gasteiger partial charge in [0.05, 0.1) is 10.9 Å². The van der Waals surface area contributed by atoms with E-state index in [4.69, 9.17) is 0 Å². The summed E-state index contributed by atoms with van der Waals surface area (Å²) >= 11 is 0. The predicted molar refractivity (Wildman–Crippen MR) is 84.9 cm³/mol. The Kier molecular flexibility index (Phi) is 4.33. The van der Waals surface area contributed by atoms with Crippen molar-refractivity contribution in [2.75, 3.05) is 18.0 Å². The predicted octanol–water partition coefficient (Wildman–Crippen LogP) is 1.65. The van der Waals surface area contributed by atoms with Crippen molar-refractivity contribution in [1.82, 2.24) is 4.72 Å². The van der Waals surface area contributed by atoms with Gasteiger partial charge in [0.25, 0.3) is 0 Å². The highest BCUT2D eigenvalue weighted by Crippen LogP contribution is 2.26. The van der Waals surface area contributed by atoms with E-state index in [1.54, 1.807) is 20.8 Å². The van der Waals surface area contributed by atoms with Crippen molar-refractivity contribution in [2.24, 2.45) is 0 Å². The monoisotopic (exact) mass is 312 g/mol. The molecule has 1 aliphatic rings. The van der Waals surface area contributed by atoms with Gasteiger partial charge in [0.15, 0.2) is 0 Å². The van der Waals surface area contributed by atoms with E-state index in [9.17, 15) is 13.5 Å². The van der Waals surface area contributed by atoms with Gasteiger partial charge < -0.3 is 10.0 Å². The summed E-state index contributed by atoms with van der Waals surface area (Å²) in [7, 11) is -3.38. The van der Waals surface area contributed by atoms with Crippen LogP contribution in [0.25, 0.3) is 0 Å². The molecule has 118 valence electrons. The number of aliphatic hydroxyl groups is 1. The van der Waals surface area contributed by atoms with Gasteiger partial charge in [-0.25, -0.2) is 13.1 Å². The molecule has 21 heavy (non-hydrogen) atoms. The van der Waals surface area contributed by atoms with Crippen molar-refractivity contribution in [3.8, 4) is 0 Å². The summed E-state index contributed by atoms with van der Waals surface area (Å²) < 4.78 is 26.3. The van der Waals surface area contributed by atoms with Crippen LogP contribution in [0.1, 0.15) is 39.3 Å². The standard InChI is InChI=1S/C15H24N2O3S/c1-11(16-21(19,20)15(2,3)4)12-6-5-7-13(8-12)17-9-14(18)10-17/h5-8,11,14,16,18H,9-10H2,1-4H3/t11-/m1/s1. The highest BCUT2D eigenvalue weighted by molar-refractivity contribution is 7.90. The van der Waals surface area contributed by atoms with E-state index < -0.39 is 14.8 Å². The van der Waals surface area contributed by atoms with Crippen LogP contribution in [-0.4, -0.2) is 37.5 Å². The van der Waals surface area contributed by atoms with E-state index in [0.717, 1.165) is 11.3 Å². The molecule has 0 amide bonds. The molecule has 2 rings (SSSR count). The summed E-state index contributed by atoms with van der Waals surface area (Å²) in [5, 5.41) is 9.37. The average molecular weight is 312 g/mol. The smallest absolute Gasteiger partial charge is 0.217 e. The van der Waals surface area contributed by atoms with E-state index >= 15 is 0 Å². The lowest BCUT2D eigenvalue weighted by Crippen LogP contribution is -2.50. The summed E-state index contributed by atoms with van der Waals surface area (Å²) in [6, 6.07) is 7.48. The first kappa shape index (κ1) is 16.3. The second-order valence-electron chi connectivity index (χ2n) is 6.61. The molecule has 1 heterocycles. The number of benzene rings is 1. The Morgan fingerprint density at radius 1 is 1.33 bits per heavy atom. The Balaban J connectivity index is 2.13. The van der Waals surface area contributed by atoms with Crippen LogP contribution in [0, 0.1) is 0 Å². The SMILES string of the molecule is C[C@@H](NS(=O)(=O)C(C)(C)C)c1cccc(N2CC(O)C2)c1. The molecule has 0 spiro atoms. The number of nitrogens with zero attached hydrogens (tertiary/aromatic N) is 1. The van der Waals surface area contributed by atoms with Gasteiger partial charge in [0.1, 0.15) is 0 Å². The van der Waals surface area contributed by atoms with Gasteiger partial charge in [-0.1, -0.05) is 12.1 Å². The van der Waals surface area contributed by atoms with Gasteiger partial charge in [-0.05, 0) is 45.4 Å². The molecule has 0 bridgehead atoms. The van der Waals surface area contributed by atoms with Crippen LogP contribution >= 0.6 is 0 Å². The van der Waals surface area contributed by atoms with Crippen LogP contribution in [0.4, 0.5) is 5.69 Å². The van der Waals surface area contributed by atoms with E-state index in [0.29, 0.717) is 13.1 Å². The van der Waals surface area contributed by atoms with Crippen molar-refractivity contribution in [3.63, 3.8) is 0 Å². The molecule has 0 aromatic heterocycles. The molecule has 1 aromatic carbocycles. The Bertz CT molecular complexity index is 602. The molecule has 0 aliphatic carbocycles. The first-order valence-corrected chi connectivity index (χ1v) is 8.63. The summed E-state index contributed by atoms with van der Waals surface area (Å²) in [4.78, 5) is 2.07. The van der Waals surface area contributed by atoms with Crippen LogP contribution in [0.2, 0.25) is 0 Å². The number of hydrogen-bond acceptors (Lipinski definition) is 4. The zero-order chi connectivity index (χ0) is 15.8. The number of aliphatic hydroxyl groups excluding tert-OH is 1. The quantitative estimate of drug-likeness (QED) is 0.887. The largest absolute Gasteiger partial charge is 0.389 e. The molecule has 6 heteroatoms. The van der Waals surface area contributed by atoms with Gasteiger partial charge in [0.2, 0.25) is 10.0 Å². The molecule has 5 nitrogen and oxygen atoms in total. The number of nitrogens with one attached hydrogen (secondary N) is 1. The fourth-order valence-corrected chi connectivity index (χ4v) is 3.09. The third-order valence-corrected chi connectivity index (χ3v) is 6.01. The molecular weight excluding hydrogens is 288 g/mol. The second kappa shape index (κ2) is 5.59. The Morgan fingerprint density at radius 3 is 2.48 bits per heavy atom. The molecule has 2 N–H and O–H groups in total. The molecule has 0 radical (unpaired) electrons. The Labute approximate surface area is 127 Å². The molecule has 1 saturated heterocycles. The molecule has 0 saturated carbocycles. The molecule has 0 unspecified atom stereocenters. The van der Waals surface area contributed by atoms with Crippen molar-refractivity contribution in [3.05, 3.63) is 29.8 Å². The maximum Gasteiger partial charge on any atom is 0.217 e. The lowest BCUT2D eigenvalue weighted by molar-refractivity contribution is 0.142. The van der Waals surface area contributed by atoms with Crippen LogP contribution in [0.5, 0.6) is 0 Å². The van der Waals surface area contributed by atoms with Crippen molar-refractivity contribution in [1.29, 1.82) is 0 Å². The van der Waals surface area contributed by atoms with Crippen LogP contribution in [-0.2, 0) is 10.0 Å². The molecule has 1 atom stereocenters. The van der Waals surface area contributed by atoms with Crippen molar-refractivity contribution >= 4 is 15.7 Å². The molecular formula is C15H24N2O3S. The van der Waals surface area contributed by atoms with Crippen molar-refractivity contribution in [2.45, 2.75) is 44.6 Å². The molecule has 1 aromatic rings. The summed E-state index contributed by atoms with van der Waals surface area (Å²) in [6.07, 6.45) is -0.259. The minimum atomic E-state index is -3.38. The van der Waals surface area contributed by atoms with Crippen LogP contribution in [0.15, 0.2) is 24.3 Å². The zero-order valence-corrected chi connectivity index (χ0v) is 13.8. The third-order valence-electron chi connectivity index (χ3n) is 3.74. The molecule has 1 fully saturated rings. The number of anilines is 1. The number of β-amino-alcohol motifs (C(OH)–C–C–N with tert-alkyl or cyclic N) is 1. The topological polar surface area (TPSA) is 69.6 Å². The maximum atomic E-state index is 12.2. The summed E-state index contributed by atoms with van der Waals surface area (Å²) in [6.45, 7) is 8.14. The van der Waals surface area contributed by atoms with Crippen LogP contribution in [0.3, 0.4) is 0 Å². The van der Waals surface area contributed by atoms with E-state index in [-0.39, 0.29) is 12.1 Å². The van der Waals surface area contributed by atoms with Gasteiger partial charge in [-0.3, -0.25) is 0 Å². The Hall–Kier alpha value is -1.11. The zero-order valence-electron chi connectivity index (χ0n) is 13.0. The van der Waals surface area contributed by atoms with E-state index in [1.165, 1.54) is 0 Å². The highest BCUT2D eigenvalue weighted by Gasteiger charge is 2.31. The first-order chi connectivity index (χ1) is 9.60. The minimum Gasteiger partial charge on any atom is -0.389 e. The minimum absolute atomic E-state index is 0.259. The lowest BCUT2D eigenvalue weighted by atomic mass is 10.1. The summed E-state index contributed by atoms with van der Waals surface area (Å²) in [5.41, 5.74) is 1.93. The van der Waals surface area contributed by atoms with E-state index in [2.05, 4.69) is 9.62 Å². The number of hydrogen-bond donors (Lipinski definition) is 2. The maximum absolute atomic E-state index is 12.2. The van der Waals surface area contributed by atoms with Crippen LogP contribution < -0.4 is 9.62 Å². The molecule has 1 aliphatic heterocycles. The number of sulfonamides is 1. The van der Waals surface area contributed by atoms with Gasteiger partial charge in [-0.15, -0.1) is 0 Å². The van der Waals surface area contributed by atoms with Crippen molar-refractivity contribution < 1.29 is 13.5 Å². The fraction of sp³-hybridized carbons (Fsp3) is 0.600. The second-order valence-corrected chi connectivity index (χ2v) is 9.08. The van der Waals surface area contributed by atoms with Gasteiger partial charge in [0, 0.05) is 24.8 Å². The number of rotatable bonds is 4. The highest BCUT2D eigenvalue weighted by atomic mass is 32.2. The third kappa shape index (κ3) is 3.56. The van der Waals surface area contributed by atoms with E-state index in [1.807, 2.05) is 31.2 Å². The lowest BCUT2D eigenvalue weighted by Gasteiger charge is -2.38. The normalized spacial score (nSPS) is 18.4. The first-order valence-electron chi connectivity index (χ1n) is 7.15. The van der Waals surface area contributed by atoms with Gasteiger partial charge >= 0.3 is 0 Å². The fourth-order valence-electron chi connectivity index (χ4n) is 2.13.